The lowest BCUT2D eigenvalue weighted by Gasteiger charge is -2.17. The summed E-state index contributed by atoms with van der Waals surface area (Å²) in [7, 11) is 3.95. The summed E-state index contributed by atoms with van der Waals surface area (Å²) in [4.78, 5) is 19.1. The number of aryl methyl sites for hydroxylation is 1. The van der Waals surface area contributed by atoms with Gasteiger partial charge < -0.3 is 10.2 Å². The highest BCUT2D eigenvalue weighted by Gasteiger charge is 2.35. The molecule has 0 aliphatic heterocycles. The van der Waals surface area contributed by atoms with E-state index in [1.165, 1.54) is 12.8 Å². The third kappa shape index (κ3) is 3.30. The first-order valence-electron chi connectivity index (χ1n) is 7.55. The van der Waals surface area contributed by atoms with Crippen LogP contribution in [0.3, 0.4) is 0 Å². The van der Waals surface area contributed by atoms with E-state index in [1.807, 2.05) is 55.6 Å². The molecule has 0 saturated heterocycles. The normalized spacial score (nSPS) is 15.4. The molecule has 1 aromatic heterocycles. The third-order valence-electron chi connectivity index (χ3n) is 3.91. The maximum absolute atomic E-state index is 12.6. The fraction of sp³-hybridized carbons (Fsp3) is 0.412. The molecule has 116 valence electrons. The van der Waals surface area contributed by atoms with Gasteiger partial charge in [-0.2, -0.15) is 0 Å². The molecule has 0 spiro atoms. The minimum Gasteiger partial charge on any atom is -0.378 e. The van der Waals surface area contributed by atoms with Crippen LogP contribution in [0.4, 0.5) is 5.69 Å². The summed E-state index contributed by atoms with van der Waals surface area (Å²) in [6.45, 7) is 1.99. The number of aromatic nitrogens is 1. The summed E-state index contributed by atoms with van der Waals surface area (Å²) in [5.41, 5.74) is 2.75. The van der Waals surface area contributed by atoms with Crippen molar-refractivity contribution >= 4 is 22.9 Å². The van der Waals surface area contributed by atoms with Gasteiger partial charge in [-0.15, -0.1) is 11.3 Å². The van der Waals surface area contributed by atoms with E-state index in [0.717, 1.165) is 16.4 Å². The SMILES string of the molecule is Cc1csc(C(NC(=O)c2cccc(N(C)C)c2)C2CC2)n1. The van der Waals surface area contributed by atoms with Crippen molar-refractivity contribution in [1.29, 1.82) is 0 Å². The van der Waals surface area contributed by atoms with Crippen molar-refractivity contribution < 1.29 is 4.79 Å². The van der Waals surface area contributed by atoms with Gasteiger partial charge in [0.25, 0.3) is 5.91 Å². The first kappa shape index (κ1) is 15.0. The van der Waals surface area contributed by atoms with E-state index in [-0.39, 0.29) is 11.9 Å². The number of thiazole rings is 1. The second kappa shape index (κ2) is 6.08. The van der Waals surface area contributed by atoms with Gasteiger partial charge in [0.15, 0.2) is 0 Å². The molecule has 1 aromatic carbocycles. The summed E-state index contributed by atoms with van der Waals surface area (Å²) < 4.78 is 0. The van der Waals surface area contributed by atoms with Crippen LogP contribution in [0.15, 0.2) is 29.6 Å². The highest BCUT2D eigenvalue weighted by molar-refractivity contribution is 7.09. The quantitative estimate of drug-likeness (QED) is 0.920. The van der Waals surface area contributed by atoms with Crippen molar-refractivity contribution in [3.63, 3.8) is 0 Å². The monoisotopic (exact) mass is 315 g/mol. The summed E-state index contributed by atoms with van der Waals surface area (Å²) in [5.74, 6) is 0.514. The molecule has 1 aliphatic rings. The van der Waals surface area contributed by atoms with Crippen LogP contribution in [-0.2, 0) is 0 Å². The predicted octanol–water partition coefficient (Wildman–Crippen LogP) is 3.40. The van der Waals surface area contributed by atoms with Crippen LogP contribution < -0.4 is 10.2 Å². The zero-order chi connectivity index (χ0) is 15.7. The fourth-order valence-corrected chi connectivity index (χ4v) is 3.41. The highest BCUT2D eigenvalue weighted by atomic mass is 32.1. The van der Waals surface area contributed by atoms with Gasteiger partial charge in [0.05, 0.1) is 6.04 Å². The van der Waals surface area contributed by atoms with Gasteiger partial charge in [0.2, 0.25) is 0 Å². The molecule has 1 unspecified atom stereocenters. The predicted molar refractivity (Wildman–Crippen MR) is 90.6 cm³/mol. The first-order chi connectivity index (χ1) is 10.5. The minimum absolute atomic E-state index is 0.0200. The van der Waals surface area contributed by atoms with Crippen molar-refractivity contribution in [3.05, 3.63) is 45.9 Å². The van der Waals surface area contributed by atoms with Gasteiger partial charge in [0.1, 0.15) is 5.01 Å². The van der Waals surface area contributed by atoms with Crippen LogP contribution in [-0.4, -0.2) is 25.0 Å². The molecule has 1 aliphatic carbocycles. The standard InChI is InChI=1S/C17H21N3OS/c1-11-10-22-17(18-11)15(12-7-8-12)19-16(21)13-5-4-6-14(9-13)20(2)3/h4-6,9-10,12,15H,7-8H2,1-3H3,(H,19,21). The minimum atomic E-state index is -0.0200. The number of carbonyl (C=O) groups excluding carboxylic acids is 1. The van der Waals surface area contributed by atoms with Gasteiger partial charge in [-0.25, -0.2) is 4.98 Å². The van der Waals surface area contributed by atoms with E-state index in [2.05, 4.69) is 10.3 Å². The van der Waals surface area contributed by atoms with Gasteiger partial charge >= 0.3 is 0 Å². The van der Waals surface area contributed by atoms with Crippen LogP contribution in [0, 0.1) is 12.8 Å². The number of rotatable bonds is 5. The van der Waals surface area contributed by atoms with E-state index in [9.17, 15) is 4.79 Å². The second-order valence-corrected chi connectivity index (χ2v) is 6.95. The topological polar surface area (TPSA) is 45.2 Å². The van der Waals surface area contributed by atoms with Crippen LogP contribution in [0.5, 0.6) is 0 Å². The Morgan fingerprint density at radius 3 is 2.77 bits per heavy atom. The molecule has 1 heterocycles. The number of hydrogen-bond donors (Lipinski definition) is 1. The molecule has 1 fully saturated rings. The molecular weight excluding hydrogens is 294 g/mol. The van der Waals surface area contributed by atoms with E-state index in [1.54, 1.807) is 11.3 Å². The smallest absolute Gasteiger partial charge is 0.251 e. The molecule has 1 N–H and O–H groups in total. The molecule has 1 saturated carbocycles. The second-order valence-electron chi connectivity index (χ2n) is 6.06. The molecule has 1 amide bonds. The summed E-state index contributed by atoms with van der Waals surface area (Å²) >= 11 is 1.64. The molecule has 4 nitrogen and oxygen atoms in total. The Morgan fingerprint density at radius 1 is 1.41 bits per heavy atom. The average Bonchev–Trinajstić information content (AvgIpc) is 3.26. The van der Waals surface area contributed by atoms with Gasteiger partial charge in [-0.1, -0.05) is 6.07 Å². The third-order valence-corrected chi connectivity index (χ3v) is 4.95. The Morgan fingerprint density at radius 2 is 2.18 bits per heavy atom. The number of nitrogens with zero attached hydrogens (tertiary/aromatic N) is 2. The Hall–Kier alpha value is -1.88. The molecule has 22 heavy (non-hydrogen) atoms. The molecule has 1 atom stereocenters. The van der Waals surface area contributed by atoms with Crippen LogP contribution >= 0.6 is 11.3 Å². The van der Waals surface area contributed by atoms with Crippen molar-refractivity contribution in [2.24, 2.45) is 5.92 Å². The molecular formula is C17H21N3OS. The van der Waals surface area contributed by atoms with Gasteiger partial charge in [0, 0.05) is 36.4 Å². The molecule has 3 rings (SSSR count). The summed E-state index contributed by atoms with van der Waals surface area (Å²) in [6.07, 6.45) is 2.34. The number of amides is 1. The van der Waals surface area contributed by atoms with E-state index in [0.29, 0.717) is 11.5 Å². The van der Waals surface area contributed by atoms with Crippen LogP contribution in [0.25, 0.3) is 0 Å². The number of anilines is 1. The fourth-order valence-electron chi connectivity index (χ4n) is 2.48. The zero-order valence-corrected chi connectivity index (χ0v) is 14.0. The van der Waals surface area contributed by atoms with Crippen LogP contribution in [0.1, 0.15) is 39.9 Å². The number of nitrogens with one attached hydrogen (secondary N) is 1. The largest absolute Gasteiger partial charge is 0.378 e. The Kier molecular flexibility index (Phi) is 4.16. The van der Waals surface area contributed by atoms with Crippen molar-refractivity contribution in [1.82, 2.24) is 10.3 Å². The lowest BCUT2D eigenvalue weighted by molar-refractivity contribution is 0.0931. The Labute approximate surface area is 135 Å². The van der Waals surface area contributed by atoms with Crippen LogP contribution in [0.2, 0.25) is 0 Å². The summed E-state index contributed by atoms with van der Waals surface area (Å²) in [5, 5.41) is 6.25. The zero-order valence-electron chi connectivity index (χ0n) is 13.2. The van der Waals surface area contributed by atoms with Crippen molar-refractivity contribution in [3.8, 4) is 0 Å². The molecule has 5 heteroatoms. The van der Waals surface area contributed by atoms with E-state index >= 15 is 0 Å². The lowest BCUT2D eigenvalue weighted by atomic mass is 10.1. The average molecular weight is 315 g/mol. The lowest BCUT2D eigenvalue weighted by Crippen LogP contribution is -2.30. The van der Waals surface area contributed by atoms with Crippen molar-refractivity contribution in [2.75, 3.05) is 19.0 Å². The Bertz CT molecular complexity index is 676. The van der Waals surface area contributed by atoms with Gasteiger partial charge in [-0.05, 0) is 43.9 Å². The Balaban J connectivity index is 1.78. The molecule has 2 aromatic rings. The van der Waals surface area contributed by atoms with Crippen molar-refractivity contribution in [2.45, 2.75) is 25.8 Å². The highest BCUT2D eigenvalue weighted by Crippen LogP contribution is 2.42. The number of carbonyl (C=O) groups is 1. The maximum Gasteiger partial charge on any atom is 0.251 e. The summed E-state index contributed by atoms with van der Waals surface area (Å²) in [6, 6.07) is 7.75. The number of hydrogen-bond acceptors (Lipinski definition) is 4. The van der Waals surface area contributed by atoms with E-state index < -0.39 is 0 Å². The number of benzene rings is 1. The maximum atomic E-state index is 12.6. The molecule has 0 radical (unpaired) electrons. The van der Waals surface area contributed by atoms with E-state index in [4.69, 9.17) is 0 Å². The molecule has 0 bridgehead atoms. The van der Waals surface area contributed by atoms with Gasteiger partial charge in [-0.3, -0.25) is 4.79 Å². The first-order valence-corrected chi connectivity index (χ1v) is 8.43.